The van der Waals surface area contributed by atoms with Crippen LogP contribution in [0.5, 0.6) is 5.75 Å². The molecular weight excluding hydrogens is 436 g/mol. The van der Waals surface area contributed by atoms with E-state index in [0.717, 1.165) is 22.0 Å². The van der Waals surface area contributed by atoms with Gasteiger partial charge in [-0.2, -0.15) is 5.11 Å². The highest BCUT2D eigenvalue weighted by atomic mass is 35.5. The summed E-state index contributed by atoms with van der Waals surface area (Å²) in [6, 6.07) is 4.84. The number of rotatable bonds is 5. The number of fused-ring (bicyclic) bond motifs is 1. The molecule has 9 nitrogen and oxygen atoms in total. The third kappa shape index (κ3) is 3.67. The molecule has 4 rings (SSSR count). The Labute approximate surface area is 179 Å². The minimum absolute atomic E-state index is 0.205. The number of amides is 3. The highest BCUT2D eigenvalue weighted by Gasteiger charge is 2.55. The molecule has 2 aromatic carbocycles. The lowest BCUT2D eigenvalue weighted by atomic mass is 10.1. The van der Waals surface area contributed by atoms with Gasteiger partial charge in [0, 0.05) is 6.07 Å². The van der Waals surface area contributed by atoms with E-state index in [-0.39, 0.29) is 16.4 Å². The second kappa shape index (κ2) is 7.91. The van der Waals surface area contributed by atoms with E-state index in [1.54, 1.807) is 0 Å². The number of nitrogens with one attached hydrogen (secondary N) is 1. The number of ether oxygens (including phenoxy) is 1. The lowest BCUT2D eigenvalue weighted by Crippen LogP contribution is -2.43. The van der Waals surface area contributed by atoms with Crippen LogP contribution < -0.4 is 15.0 Å². The minimum atomic E-state index is -1.13. The van der Waals surface area contributed by atoms with Crippen LogP contribution in [-0.2, 0) is 14.4 Å². The molecular formula is C19H14ClF2N5O4. The first-order chi connectivity index (χ1) is 14.8. The van der Waals surface area contributed by atoms with Crippen molar-refractivity contribution in [2.45, 2.75) is 12.1 Å². The number of hydrogen-bond donors (Lipinski definition) is 1. The van der Waals surface area contributed by atoms with Gasteiger partial charge in [0.2, 0.25) is 5.91 Å². The predicted octanol–water partition coefficient (Wildman–Crippen LogP) is 2.56. The predicted molar refractivity (Wildman–Crippen MR) is 105 cm³/mol. The number of nitrogens with zero attached hydrogens (tertiary/aromatic N) is 4. The summed E-state index contributed by atoms with van der Waals surface area (Å²) >= 11 is 6.09. The molecule has 0 aromatic heterocycles. The molecule has 1 saturated heterocycles. The van der Waals surface area contributed by atoms with Crippen LogP contribution in [-0.4, -0.2) is 48.5 Å². The molecule has 12 heteroatoms. The first kappa shape index (κ1) is 20.7. The smallest absolute Gasteiger partial charge is 0.263 e. The first-order valence-corrected chi connectivity index (χ1v) is 9.31. The van der Waals surface area contributed by atoms with Gasteiger partial charge in [0.15, 0.2) is 12.1 Å². The topological polar surface area (TPSA) is 104 Å². The molecule has 0 aliphatic carbocycles. The van der Waals surface area contributed by atoms with Gasteiger partial charge >= 0.3 is 0 Å². The Morgan fingerprint density at radius 1 is 1.19 bits per heavy atom. The Morgan fingerprint density at radius 3 is 2.65 bits per heavy atom. The van der Waals surface area contributed by atoms with E-state index >= 15 is 0 Å². The third-order valence-electron chi connectivity index (χ3n) is 4.76. The second-order valence-corrected chi connectivity index (χ2v) is 7.10. The van der Waals surface area contributed by atoms with Gasteiger partial charge in [-0.3, -0.25) is 19.4 Å². The van der Waals surface area contributed by atoms with E-state index in [1.807, 2.05) is 0 Å². The number of methoxy groups -OCH3 is 1. The molecule has 1 N–H and O–H groups in total. The Morgan fingerprint density at radius 2 is 1.97 bits per heavy atom. The summed E-state index contributed by atoms with van der Waals surface area (Å²) in [5.41, 5.74) is -0.00871. The fraction of sp³-hybridized carbons (Fsp3) is 0.211. The molecule has 1 fully saturated rings. The fourth-order valence-corrected chi connectivity index (χ4v) is 3.58. The number of benzene rings is 2. The first-order valence-electron chi connectivity index (χ1n) is 8.94. The fourth-order valence-electron chi connectivity index (χ4n) is 3.33. The van der Waals surface area contributed by atoms with Crippen LogP contribution in [0, 0.1) is 11.6 Å². The quantitative estimate of drug-likeness (QED) is 0.706. The molecule has 2 aliphatic rings. The van der Waals surface area contributed by atoms with Crippen molar-refractivity contribution in [3.8, 4) is 5.75 Å². The molecule has 0 saturated carbocycles. The van der Waals surface area contributed by atoms with Crippen molar-refractivity contribution in [1.29, 1.82) is 0 Å². The Kier molecular flexibility index (Phi) is 5.27. The lowest BCUT2D eigenvalue weighted by Gasteiger charge is -2.20. The Bertz CT molecular complexity index is 1130. The SMILES string of the molecule is COc1ccc(N2C(=O)[C@H]3N=NN(CC(=O)Nc4ccc(F)cc4F)[C@@H]3C2=O)cc1Cl. The number of imide groups is 1. The van der Waals surface area contributed by atoms with Crippen molar-refractivity contribution in [1.82, 2.24) is 5.01 Å². The molecule has 0 bridgehead atoms. The van der Waals surface area contributed by atoms with Gasteiger partial charge in [-0.1, -0.05) is 16.8 Å². The molecule has 0 radical (unpaired) electrons. The zero-order valence-electron chi connectivity index (χ0n) is 15.9. The van der Waals surface area contributed by atoms with Crippen molar-refractivity contribution in [2.24, 2.45) is 10.3 Å². The van der Waals surface area contributed by atoms with Gasteiger partial charge in [-0.25, -0.2) is 13.7 Å². The normalized spacial score (nSPS) is 19.7. The average Bonchev–Trinajstić information content (AvgIpc) is 3.24. The van der Waals surface area contributed by atoms with Crippen LogP contribution in [0.2, 0.25) is 5.02 Å². The maximum atomic E-state index is 13.7. The number of carbonyl (C=O) groups is 3. The molecule has 31 heavy (non-hydrogen) atoms. The van der Waals surface area contributed by atoms with Crippen molar-refractivity contribution >= 4 is 40.7 Å². The zero-order valence-corrected chi connectivity index (χ0v) is 16.6. The van der Waals surface area contributed by atoms with Gasteiger partial charge in [-0.05, 0) is 30.3 Å². The number of carbonyl (C=O) groups excluding carboxylic acids is 3. The van der Waals surface area contributed by atoms with Crippen molar-refractivity contribution in [3.63, 3.8) is 0 Å². The van der Waals surface area contributed by atoms with Gasteiger partial charge in [-0.15, -0.1) is 0 Å². The third-order valence-corrected chi connectivity index (χ3v) is 5.06. The molecule has 0 unspecified atom stereocenters. The summed E-state index contributed by atoms with van der Waals surface area (Å²) in [7, 11) is 1.43. The summed E-state index contributed by atoms with van der Waals surface area (Å²) in [6.07, 6.45) is 0. The largest absolute Gasteiger partial charge is 0.495 e. The number of hydrogen-bond acceptors (Lipinski definition) is 7. The standard InChI is InChI=1S/C19H14ClF2N5O4/c1-31-14-5-3-10(7-11(14)20)27-18(29)16-17(19(27)30)26(25-24-16)8-15(28)23-13-4-2-9(21)6-12(13)22/h2-7,16-17H,8H2,1H3,(H,23,28)/t16-,17-/m0/s1. The van der Waals surface area contributed by atoms with Crippen molar-refractivity contribution < 1.29 is 27.9 Å². The van der Waals surface area contributed by atoms with E-state index in [2.05, 4.69) is 15.7 Å². The summed E-state index contributed by atoms with van der Waals surface area (Å²) in [4.78, 5) is 38.9. The maximum Gasteiger partial charge on any atom is 0.263 e. The highest BCUT2D eigenvalue weighted by molar-refractivity contribution is 6.33. The summed E-state index contributed by atoms with van der Waals surface area (Å²) in [6.45, 7) is -0.474. The van der Waals surface area contributed by atoms with Crippen LogP contribution >= 0.6 is 11.6 Å². The second-order valence-electron chi connectivity index (χ2n) is 6.70. The van der Waals surface area contributed by atoms with Gasteiger partial charge in [0.25, 0.3) is 11.8 Å². The van der Waals surface area contributed by atoms with E-state index in [1.165, 1.54) is 25.3 Å². The summed E-state index contributed by atoms with van der Waals surface area (Å²) < 4.78 is 31.8. The van der Waals surface area contributed by atoms with Crippen LogP contribution in [0.3, 0.4) is 0 Å². The number of halogens is 3. The molecule has 0 spiro atoms. The molecule has 2 aromatic rings. The maximum absolute atomic E-state index is 13.7. The van der Waals surface area contributed by atoms with Gasteiger partial charge < -0.3 is 10.1 Å². The van der Waals surface area contributed by atoms with E-state index < -0.39 is 48.0 Å². The van der Waals surface area contributed by atoms with E-state index in [0.29, 0.717) is 11.8 Å². The van der Waals surface area contributed by atoms with Crippen LogP contribution in [0.4, 0.5) is 20.2 Å². The Balaban J connectivity index is 1.50. The van der Waals surface area contributed by atoms with E-state index in [9.17, 15) is 23.2 Å². The zero-order chi connectivity index (χ0) is 22.3. The monoisotopic (exact) mass is 449 g/mol. The molecule has 2 aliphatic heterocycles. The molecule has 2 atom stereocenters. The molecule has 3 amide bonds. The van der Waals surface area contributed by atoms with Crippen LogP contribution in [0.15, 0.2) is 46.7 Å². The van der Waals surface area contributed by atoms with Crippen LogP contribution in [0.25, 0.3) is 0 Å². The molecule has 160 valence electrons. The number of anilines is 2. The summed E-state index contributed by atoms with van der Waals surface area (Å²) in [5.74, 6) is -3.36. The minimum Gasteiger partial charge on any atom is -0.495 e. The average molecular weight is 450 g/mol. The van der Waals surface area contributed by atoms with Gasteiger partial charge in [0.1, 0.15) is 23.9 Å². The molecule has 2 heterocycles. The van der Waals surface area contributed by atoms with Crippen LogP contribution in [0.1, 0.15) is 0 Å². The lowest BCUT2D eigenvalue weighted by molar-refractivity contribution is -0.123. The summed E-state index contributed by atoms with van der Waals surface area (Å²) in [5, 5.41) is 11.1. The van der Waals surface area contributed by atoms with E-state index in [4.69, 9.17) is 16.3 Å². The van der Waals surface area contributed by atoms with Crippen molar-refractivity contribution in [3.05, 3.63) is 53.1 Å². The van der Waals surface area contributed by atoms with Crippen molar-refractivity contribution in [2.75, 3.05) is 23.9 Å². The Hall–Kier alpha value is -3.60. The van der Waals surface area contributed by atoms with Gasteiger partial charge in [0.05, 0.1) is 23.5 Å². The highest BCUT2D eigenvalue weighted by Crippen LogP contribution is 2.35.